The molecule has 0 spiro atoms. The van der Waals surface area contributed by atoms with Crippen molar-refractivity contribution in [1.82, 2.24) is 29.5 Å². The van der Waals surface area contributed by atoms with Crippen LogP contribution in [-0.4, -0.2) is 42.4 Å². The summed E-state index contributed by atoms with van der Waals surface area (Å²) >= 11 is 0. The lowest BCUT2D eigenvalue weighted by atomic mass is 9.78. The molecule has 4 heterocycles. The first-order chi connectivity index (χ1) is 18.8. The van der Waals surface area contributed by atoms with Crippen LogP contribution in [0.15, 0.2) is 36.9 Å². The molecule has 1 atom stereocenters. The van der Waals surface area contributed by atoms with E-state index in [0.29, 0.717) is 12.5 Å². The van der Waals surface area contributed by atoms with Crippen molar-refractivity contribution < 1.29 is 4.79 Å². The summed E-state index contributed by atoms with van der Waals surface area (Å²) in [6, 6.07) is 6.22. The first kappa shape index (κ1) is 25.6. The Hall–Kier alpha value is -3.68. The van der Waals surface area contributed by atoms with Crippen molar-refractivity contribution in [1.29, 1.82) is 0 Å². The van der Waals surface area contributed by atoms with E-state index in [0.717, 1.165) is 63.2 Å². The minimum Gasteiger partial charge on any atom is -0.314 e. The predicted molar refractivity (Wildman–Crippen MR) is 153 cm³/mol. The van der Waals surface area contributed by atoms with Gasteiger partial charge in [0.2, 0.25) is 5.91 Å². The third kappa shape index (κ3) is 4.60. The number of aryl methyl sites for hydroxylation is 2. The SMILES string of the molecule is CCC1CC1.CCn1c(-c2cnc(C)nc2)nc2c(-c3ccc4c(c3)C(C)(CC3CC3)C(=O)N4C)ncnc21. The van der Waals surface area contributed by atoms with Gasteiger partial charge in [-0.05, 0) is 56.7 Å². The van der Waals surface area contributed by atoms with E-state index in [-0.39, 0.29) is 5.91 Å². The van der Waals surface area contributed by atoms with Crippen LogP contribution in [0.5, 0.6) is 0 Å². The van der Waals surface area contributed by atoms with E-state index in [9.17, 15) is 4.79 Å². The Morgan fingerprint density at radius 1 is 0.974 bits per heavy atom. The van der Waals surface area contributed by atoms with Gasteiger partial charge in [-0.3, -0.25) is 4.79 Å². The van der Waals surface area contributed by atoms with E-state index in [1.165, 1.54) is 32.1 Å². The molecule has 1 amide bonds. The lowest BCUT2D eigenvalue weighted by Crippen LogP contribution is -2.36. The van der Waals surface area contributed by atoms with Crippen molar-refractivity contribution in [2.24, 2.45) is 11.8 Å². The van der Waals surface area contributed by atoms with Crippen molar-refractivity contribution in [2.75, 3.05) is 11.9 Å². The van der Waals surface area contributed by atoms with Crippen LogP contribution in [0.3, 0.4) is 0 Å². The standard InChI is InChI=1S/C26H27N7O.C5H10/c1-5-33-23(18-12-27-15(2)28-13-18)31-22-21(29-14-30-24(22)33)17-8-9-20-19(10-17)26(3,11-16-6-7-16)25(34)32(20)4;1-2-5-3-4-5/h8-10,12-14,16H,5-7,11H2,1-4H3;5H,2-4H2,1H3. The van der Waals surface area contributed by atoms with Gasteiger partial charge in [-0.2, -0.15) is 0 Å². The summed E-state index contributed by atoms with van der Waals surface area (Å²) in [4.78, 5) is 37.9. The Balaban J connectivity index is 0.000000500. The number of amides is 1. The molecular weight excluding hydrogens is 486 g/mol. The summed E-state index contributed by atoms with van der Waals surface area (Å²) in [6.45, 7) is 9.00. The normalized spacial score (nSPS) is 20.2. The quantitative estimate of drug-likeness (QED) is 0.302. The Morgan fingerprint density at radius 2 is 1.69 bits per heavy atom. The van der Waals surface area contributed by atoms with E-state index >= 15 is 0 Å². The van der Waals surface area contributed by atoms with Gasteiger partial charge in [0.05, 0.1) is 11.0 Å². The van der Waals surface area contributed by atoms with Crippen LogP contribution in [0.1, 0.15) is 70.7 Å². The van der Waals surface area contributed by atoms with Crippen LogP contribution in [0.4, 0.5) is 5.69 Å². The molecule has 1 aliphatic heterocycles. The van der Waals surface area contributed by atoms with Gasteiger partial charge < -0.3 is 9.47 Å². The lowest BCUT2D eigenvalue weighted by molar-refractivity contribution is -0.122. The van der Waals surface area contributed by atoms with Gasteiger partial charge in [-0.1, -0.05) is 45.1 Å². The molecule has 1 aromatic carbocycles. The molecule has 2 fully saturated rings. The highest BCUT2D eigenvalue weighted by Gasteiger charge is 2.48. The van der Waals surface area contributed by atoms with Gasteiger partial charge >= 0.3 is 0 Å². The molecule has 8 nitrogen and oxygen atoms in total. The number of hydrogen-bond donors (Lipinski definition) is 0. The molecule has 7 rings (SSSR count). The second kappa shape index (κ2) is 9.81. The molecule has 39 heavy (non-hydrogen) atoms. The second-order valence-corrected chi connectivity index (χ2v) is 11.5. The fourth-order valence-electron chi connectivity index (χ4n) is 5.81. The predicted octanol–water partition coefficient (Wildman–Crippen LogP) is 6.12. The van der Waals surface area contributed by atoms with Gasteiger partial charge in [-0.25, -0.2) is 24.9 Å². The minimum absolute atomic E-state index is 0.177. The summed E-state index contributed by atoms with van der Waals surface area (Å²) in [5.74, 6) is 3.44. The van der Waals surface area contributed by atoms with Crippen LogP contribution in [-0.2, 0) is 16.8 Å². The second-order valence-electron chi connectivity index (χ2n) is 11.5. The largest absolute Gasteiger partial charge is 0.314 e. The average molecular weight is 524 g/mol. The summed E-state index contributed by atoms with van der Waals surface area (Å²) in [7, 11) is 1.88. The molecule has 2 saturated carbocycles. The number of carbonyl (C=O) groups is 1. The average Bonchev–Trinajstić information content (AvgIpc) is 3.89. The number of rotatable bonds is 6. The van der Waals surface area contributed by atoms with E-state index < -0.39 is 5.41 Å². The van der Waals surface area contributed by atoms with Gasteiger partial charge in [-0.15, -0.1) is 0 Å². The number of benzene rings is 1. The van der Waals surface area contributed by atoms with E-state index in [1.807, 2.05) is 26.1 Å². The van der Waals surface area contributed by atoms with Crippen molar-refractivity contribution in [3.8, 4) is 22.6 Å². The number of aromatic nitrogens is 6. The van der Waals surface area contributed by atoms with Gasteiger partial charge in [0.15, 0.2) is 5.65 Å². The highest BCUT2D eigenvalue weighted by atomic mass is 16.2. The number of likely N-dealkylation sites (N-methyl/N-ethyl adjacent to an activating group) is 1. The monoisotopic (exact) mass is 523 g/mol. The van der Waals surface area contributed by atoms with Crippen LogP contribution in [0.25, 0.3) is 33.8 Å². The Morgan fingerprint density at radius 3 is 2.31 bits per heavy atom. The maximum absolute atomic E-state index is 13.2. The van der Waals surface area contributed by atoms with Crippen LogP contribution < -0.4 is 4.90 Å². The molecule has 3 aromatic heterocycles. The molecule has 0 radical (unpaired) electrons. The topological polar surface area (TPSA) is 89.7 Å². The molecule has 1 unspecified atom stereocenters. The summed E-state index contributed by atoms with van der Waals surface area (Å²) in [5, 5.41) is 0. The Kier molecular flexibility index (Phi) is 6.44. The number of anilines is 1. The van der Waals surface area contributed by atoms with Gasteiger partial charge in [0, 0.05) is 37.2 Å². The summed E-state index contributed by atoms with van der Waals surface area (Å²) in [5.41, 5.74) is 5.64. The molecule has 4 aromatic rings. The zero-order valence-corrected chi connectivity index (χ0v) is 23.6. The van der Waals surface area contributed by atoms with Crippen molar-refractivity contribution in [2.45, 2.75) is 78.2 Å². The first-order valence-electron chi connectivity index (χ1n) is 14.3. The molecule has 202 valence electrons. The Bertz CT molecular complexity index is 1530. The molecule has 0 N–H and O–H groups in total. The third-order valence-corrected chi connectivity index (χ3v) is 8.56. The summed E-state index contributed by atoms with van der Waals surface area (Å²) in [6.07, 6.45) is 12.9. The van der Waals surface area contributed by atoms with Crippen LogP contribution in [0, 0.1) is 18.8 Å². The van der Waals surface area contributed by atoms with E-state index in [4.69, 9.17) is 4.98 Å². The van der Waals surface area contributed by atoms with Crippen molar-refractivity contribution >= 4 is 22.8 Å². The first-order valence-corrected chi connectivity index (χ1v) is 14.3. The molecule has 3 aliphatic rings. The molecule has 8 heteroatoms. The highest BCUT2D eigenvalue weighted by Crippen LogP contribution is 2.50. The zero-order chi connectivity index (χ0) is 27.3. The zero-order valence-electron chi connectivity index (χ0n) is 23.6. The summed E-state index contributed by atoms with van der Waals surface area (Å²) < 4.78 is 2.07. The third-order valence-electron chi connectivity index (χ3n) is 8.56. The lowest BCUT2D eigenvalue weighted by Gasteiger charge is -2.23. The number of nitrogens with zero attached hydrogens (tertiary/aromatic N) is 7. The number of carbonyl (C=O) groups excluding carboxylic acids is 1. The fourth-order valence-corrected chi connectivity index (χ4v) is 5.81. The van der Waals surface area contributed by atoms with Gasteiger partial charge in [0.25, 0.3) is 0 Å². The molecule has 2 aliphatic carbocycles. The number of fused-ring (bicyclic) bond motifs is 2. The van der Waals surface area contributed by atoms with Crippen LogP contribution in [0.2, 0.25) is 0 Å². The van der Waals surface area contributed by atoms with E-state index in [1.54, 1.807) is 23.6 Å². The Labute approximate surface area is 229 Å². The van der Waals surface area contributed by atoms with Crippen molar-refractivity contribution in [3.63, 3.8) is 0 Å². The van der Waals surface area contributed by atoms with Crippen LogP contribution >= 0.6 is 0 Å². The van der Waals surface area contributed by atoms with E-state index in [2.05, 4.69) is 51.3 Å². The molecule has 0 saturated heterocycles. The minimum atomic E-state index is -0.499. The smallest absolute Gasteiger partial charge is 0.237 e. The van der Waals surface area contributed by atoms with Gasteiger partial charge in [0.1, 0.15) is 29.2 Å². The maximum atomic E-state index is 13.2. The molecular formula is C31H37N7O. The number of hydrogen-bond acceptors (Lipinski definition) is 6. The van der Waals surface area contributed by atoms with Crippen molar-refractivity contribution in [3.05, 3.63) is 48.3 Å². The highest BCUT2D eigenvalue weighted by molar-refractivity contribution is 6.08. The molecule has 0 bridgehead atoms. The number of imidazole rings is 1. The fraction of sp³-hybridized carbons (Fsp3) is 0.484. The maximum Gasteiger partial charge on any atom is 0.237 e.